The summed E-state index contributed by atoms with van der Waals surface area (Å²) in [4.78, 5) is 30.9. The second kappa shape index (κ2) is 8.17. The molecule has 31 heavy (non-hydrogen) atoms. The number of aliphatic carboxylic acids is 1. The number of hydrogen-bond acceptors (Lipinski definition) is 4. The van der Waals surface area contributed by atoms with Crippen LogP contribution in [0.15, 0.2) is 42.5 Å². The fourth-order valence-corrected chi connectivity index (χ4v) is 3.31. The van der Waals surface area contributed by atoms with Crippen molar-refractivity contribution in [3.63, 3.8) is 0 Å². The normalized spacial score (nSPS) is 11.4. The highest BCUT2D eigenvalue weighted by atomic mass is 19.4. The van der Waals surface area contributed by atoms with Gasteiger partial charge in [0.2, 0.25) is 0 Å². The lowest BCUT2D eigenvalue weighted by Gasteiger charge is -2.15. The van der Waals surface area contributed by atoms with Gasteiger partial charge < -0.3 is 10.8 Å². The van der Waals surface area contributed by atoms with Gasteiger partial charge in [0.15, 0.2) is 0 Å². The zero-order valence-electron chi connectivity index (χ0n) is 16.6. The molecular weight excluding hydrogens is 411 g/mol. The summed E-state index contributed by atoms with van der Waals surface area (Å²) in [6.07, 6.45) is -5.16. The summed E-state index contributed by atoms with van der Waals surface area (Å²) in [5.41, 5.74) is 6.62. The highest BCUT2D eigenvalue weighted by molar-refractivity contribution is 5.92. The molecule has 0 aliphatic carbocycles. The first kappa shape index (κ1) is 21.9. The number of nitrogens with zero attached hydrogens (tertiary/aromatic N) is 2. The molecule has 0 aliphatic rings. The number of benzene rings is 2. The molecule has 1 heterocycles. The van der Waals surface area contributed by atoms with E-state index in [1.54, 1.807) is 26.0 Å². The van der Waals surface area contributed by atoms with Gasteiger partial charge in [0.1, 0.15) is 5.69 Å². The van der Waals surface area contributed by atoms with Gasteiger partial charge in [0, 0.05) is 5.56 Å². The minimum absolute atomic E-state index is 0.0260. The molecule has 0 saturated heterocycles. The van der Waals surface area contributed by atoms with Crippen molar-refractivity contribution in [1.29, 1.82) is 0 Å². The van der Waals surface area contributed by atoms with Gasteiger partial charge in [-0.15, -0.1) is 0 Å². The Balaban J connectivity index is 2.05. The molecule has 3 N–H and O–H groups in total. The van der Waals surface area contributed by atoms with Crippen LogP contribution in [-0.4, -0.2) is 27.0 Å². The zero-order chi connectivity index (χ0) is 22.9. The predicted octanol–water partition coefficient (Wildman–Crippen LogP) is 4.17. The standard InChI is InChI=1S/C22H18F3N3O3/c1-11-19(28-20(21(26)31)12(2)27-11)15-6-4-14(5-7-15)16-8-3-13(10-18(29)30)9-17(16)22(23,24)25/h3-9H,10H2,1-2H3,(H2,26,31)(H,29,30). The molecule has 0 spiro atoms. The number of aromatic nitrogens is 2. The Morgan fingerprint density at radius 3 is 2.13 bits per heavy atom. The van der Waals surface area contributed by atoms with Crippen molar-refractivity contribution in [1.82, 2.24) is 9.97 Å². The lowest BCUT2D eigenvalue weighted by Crippen LogP contribution is -2.17. The van der Waals surface area contributed by atoms with Crippen molar-refractivity contribution in [2.75, 3.05) is 0 Å². The molecule has 1 amide bonds. The summed E-state index contributed by atoms with van der Waals surface area (Å²) in [7, 11) is 0. The van der Waals surface area contributed by atoms with Crippen LogP contribution in [0.4, 0.5) is 13.2 Å². The second-order valence-electron chi connectivity index (χ2n) is 6.98. The summed E-state index contributed by atoms with van der Waals surface area (Å²) in [5, 5.41) is 8.86. The molecule has 0 unspecified atom stereocenters. The molecule has 0 aliphatic heterocycles. The largest absolute Gasteiger partial charge is 0.481 e. The zero-order valence-corrected chi connectivity index (χ0v) is 16.6. The van der Waals surface area contributed by atoms with Crippen molar-refractivity contribution >= 4 is 11.9 Å². The van der Waals surface area contributed by atoms with Crippen molar-refractivity contribution in [3.8, 4) is 22.4 Å². The quantitative estimate of drug-likeness (QED) is 0.633. The van der Waals surface area contributed by atoms with Crippen molar-refractivity contribution in [2.24, 2.45) is 5.73 Å². The van der Waals surface area contributed by atoms with Crippen molar-refractivity contribution in [2.45, 2.75) is 26.4 Å². The monoisotopic (exact) mass is 429 g/mol. The van der Waals surface area contributed by atoms with E-state index in [0.29, 0.717) is 28.2 Å². The van der Waals surface area contributed by atoms with E-state index in [1.165, 1.54) is 24.3 Å². The molecule has 3 aromatic rings. The fourth-order valence-electron chi connectivity index (χ4n) is 3.31. The average molecular weight is 429 g/mol. The van der Waals surface area contributed by atoms with E-state index in [1.807, 2.05) is 0 Å². The van der Waals surface area contributed by atoms with Gasteiger partial charge in [-0.1, -0.05) is 36.4 Å². The molecule has 0 atom stereocenters. The first-order valence-corrected chi connectivity index (χ1v) is 9.15. The number of carbonyl (C=O) groups excluding carboxylic acids is 1. The number of primary amides is 1. The molecule has 0 bridgehead atoms. The van der Waals surface area contributed by atoms with Crippen LogP contribution in [0.25, 0.3) is 22.4 Å². The van der Waals surface area contributed by atoms with E-state index >= 15 is 0 Å². The van der Waals surface area contributed by atoms with Gasteiger partial charge in [-0.05, 0) is 36.6 Å². The van der Waals surface area contributed by atoms with Crippen LogP contribution in [0.5, 0.6) is 0 Å². The number of aryl methyl sites for hydroxylation is 2. The number of nitrogens with two attached hydrogens (primary N) is 1. The van der Waals surface area contributed by atoms with Crippen LogP contribution in [-0.2, 0) is 17.4 Å². The molecule has 160 valence electrons. The SMILES string of the molecule is Cc1nc(C)c(-c2ccc(-c3ccc(CC(=O)O)cc3C(F)(F)F)cc2)nc1C(N)=O. The molecule has 1 aromatic heterocycles. The maximum atomic E-state index is 13.6. The molecule has 6 nitrogen and oxygen atoms in total. The van der Waals surface area contributed by atoms with Crippen LogP contribution in [0, 0.1) is 13.8 Å². The van der Waals surface area contributed by atoms with E-state index in [4.69, 9.17) is 10.8 Å². The number of carboxylic acid groups (broad SMARTS) is 1. The van der Waals surface area contributed by atoms with E-state index < -0.39 is 30.0 Å². The van der Waals surface area contributed by atoms with Crippen LogP contribution < -0.4 is 5.73 Å². The molecule has 0 saturated carbocycles. The highest BCUT2D eigenvalue weighted by Gasteiger charge is 2.34. The van der Waals surface area contributed by atoms with E-state index in [-0.39, 0.29) is 16.8 Å². The number of amides is 1. The Kier molecular flexibility index (Phi) is 5.79. The first-order chi connectivity index (χ1) is 14.5. The van der Waals surface area contributed by atoms with Crippen molar-refractivity contribution in [3.05, 3.63) is 70.7 Å². The van der Waals surface area contributed by atoms with E-state index in [2.05, 4.69) is 9.97 Å². The lowest BCUT2D eigenvalue weighted by atomic mass is 9.95. The lowest BCUT2D eigenvalue weighted by molar-refractivity contribution is -0.138. The van der Waals surface area contributed by atoms with Crippen LogP contribution >= 0.6 is 0 Å². The molecule has 0 fully saturated rings. The Hall–Kier alpha value is -3.75. The Bertz CT molecular complexity index is 1170. The average Bonchev–Trinajstić information content (AvgIpc) is 2.67. The van der Waals surface area contributed by atoms with Gasteiger partial charge in [-0.25, -0.2) is 4.98 Å². The second-order valence-corrected chi connectivity index (χ2v) is 6.98. The molecule has 3 rings (SSSR count). The van der Waals surface area contributed by atoms with Crippen LogP contribution in [0.2, 0.25) is 0 Å². The maximum absolute atomic E-state index is 13.6. The Labute approximate surface area is 175 Å². The predicted molar refractivity (Wildman–Crippen MR) is 107 cm³/mol. The Morgan fingerprint density at radius 1 is 0.968 bits per heavy atom. The van der Waals surface area contributed by atoms with E-state index in [9.17, 15) is 22.8 Å². The summed E-state index contributed by atoms with van der Waals surface area (Å²) >= 11 is 0. The number of hydrogen-bond donors (Lipinski definition) is 2. The number of halogens is 3. The van der Waals surface area contributed by atoms with Crippen LogP contribution in [0.1, 0.15) is 33.0 Å². The third kappa shape index (κ3) is 4.71. The smallest absolute Gasteiger partial charge is 0.417 e. The van der Waals surface area contributed by atoms with Gasteiger partial charge in [-0.3, -0.25) is 14.6 Å². The molecular formula is C22H18F3N3O3. The molecule has 0 radical (unpaired) electrons. The van der Waals surface area contributed by atoms with Crippen LogP contribution in [0.3, 0.4) is 0 Å². The number of carbonyl (C=O) groups is 2. The fraction of sp³-hybridized carbons (Fsp3) is 0.182. The minimum Gasteiger partial charge on any atom is -0.481 e. The highest BCUT2D eigenvalue weighted by Crippen LogP contribution is 2.38. The molecule has 9 heteroatoms. The summed E-state index contributed by atoms with van der Waals surface area (Å²) < 4.78 is 40.8. The topological polar surface area (TPSA) is 106 Å². The van der Waals surface area contributed by atoms with Crippen molar-refractivity contribution < 1.29 is 27.9 Å². The number of alkyl halides is 3. The summed E-state index contributed by atoms with van der Waals surface area (Å²) in [6.45, 7) is 3.32. The third-order valence-corrected chi connectivity index (χ3v) is 4.69. The first-order valence-electron chi connectivity index (χ1n) is 9.15. The third-order valence-electron chi connectivity index (χ3n) is 4.69. The maximum Gasteiger partial charge on any atom is 0.417 e. The molecule has 2 aromatic carbocycles. The summed E-state index contributed by atoms with van der Waals surface area (Å²) in [6, 6.07) is 9.64. The van der Waals surface area contributed by atoms with Gasteiger partial charge >= 0.3 is 12.1 Å². The van der Waals surface area contributed by atoms with Gasteiger partial charge in [0.05, 0.1) is 29.1 Å². The minimum atomic E-state index is -4.65. The Morgan fingerprint density at radius 2 is 1.58 bits per heavy atom. The van der Waals surface area contributed by atoms with E-state index in [0.717, 1.165) is 6.07 Å². The van der Waals surface area contributed by atoms with Gasteiger partial charge in [0.25, 0.3) is 5.91 Å². The van der Waals surface area contributed by atoms with Gasteiger partial charge in [-0.2, -0.15) is 13.2 Å². The number of carboxylic acids is 1. The summed E-state index contributed by atoms with van der Waals surface area (Å²) in [5.74, 6) is -1.94. The number of rotatable bonds is 5.